The highest BCUT2D eigenvalue weighted by atomic mass is 35.5. The number of hydrogen-bond donors (Lipinski definition) is 0. The Labute approximate surface area is 179 Å². The summed E-state index contributed by atoms with van der Waals surface area (Å²) in [5.41, 5.74) is -0.131. The number of hydrogen-bond acceptors (Lipinski definition) is 7. The van der Waals surface area contributed by atoms with Gasteiger partial charge in [0.1, 0.15) is 12.1 Å². The zero-order chi connectivity index (χ0) is 21.8. The number of esters is 1. The molecular formula is C20H24ClNO6S. The highest BCUT2D eigenvalue weighted by molar-refractivity contribution is 8.18. The summed E-state index contributed by atoms with van der Waals surface area (Å²) in [5.74, 6) is -0.343. The van der Waals surface area contributed by atoms with Gasteiger partial charge in [0.2, 0.25) is 0 Å². The van der Waals surface area contributed by atoms with E-state index in [-0.39, 0.29) is 4.91 Å². The van der Waals surface area contributed by atoms with Crippen LogP contribution < -0.4 is 9.47 Å². The van der Waals surface area contributed by atoms with Gasteiger partial charge in [0.25, 0.3) is 11.1 Å². The predicted molar refractivity (Wildman–Crippen MR) is 112 cm³/mol. The number of benzene rings is 1. The molecule has 1 aliphatic rings. The number of nitrogens with zero attached hydrogens (tertiary/aromatic N) is 1. The molecule has 0 aliphatic carbocycles. The first-order valence-corrected chi connectivity index (χ1v) is 10.3. The molecule has 2 rings (SSSR count). The minimum absolute atomic E-state index is 0.182. The van der Waals surface area contributed by atoms with Crippen molar-refractivity contribution in [2.24, 2.45) is 0 Å². The minimum atomic E-state index is -0.705. The van der Waals surface area contributed by atoms with Crippen molar-refractivity contribution >= 4 is 46.6 Å². The second-order valence-corrected chi connectivity index (χ2v) is 8.45. The van der Waals surface area contributed by atoms with Crippen molar-refractivity contribution in [2.45, 2.75) is 40.2 Å². The molecule has 29 heavy (non-hydrogen) atoms. The third-order valence-corrected chi connectivity index (χ3v) is 4.69. The maximum Gasteiger partial charge on any atom is 0.326 e. The number of thioether (sulfide) groups is 1. The van der Waals surface area contributed by atoms with E-state index in [0.29, 0.717) is 35.3 Å². The summed E-state index contributed by atoms with van der Waals surface area (Å²) in [7, 11) is 0. The summed E-state index contributed by atoms with van der Waals surface area (Å²) < 4.78 is 16.3. The normalized spacial score (nSPS) is 15.8. The van der Waals surface area contributed by atoms with Gasteiger partial charge in [0.05, 0.1) is 23.1 Å². The van der Waals surface area contributed by atoms with Crippen LogP contribution in [0.2, 0.25) is 5.02 Å². The van der Waals surface area contributed by atoms with E-state index in [4.69, 9.17) is 25.8 Å². The van der Waals surface area contributed by atoms with Crippen LogP contribution in [0.5, 0.6) is 11.5 Å². The number of rotatable bonds is 7. The zero-order valence-corrected chi connectivity index (χ0v) is 18.6. The molecular weight excluding hydrogens is 418 g/mol. The van der Waals surface area contributed by atoms with Crippen molar-refractivity contribution in [3.63, 3.8) is 0 Å². The van der Waals surface area contributed by atoms with E-state index in [1.54, 1.807) is 32.9 Å². The minimum Gasteiger partial charge on any atom is -0.490 e. The molecule has 0 N–H and O–H groups in total. The number of imide groups is 1. The number of halogens is 1. The summed E-state index contributed by atoms with van der Waals surface area (Å²) in [4.78, 5) is 37.8. The molecule has 7 nitrogen and oxygen atoms in total. The van der Waals surface area contributed by atoms with Crippen LogP contribution in [0.1, 0.15) is 40.2 Å². The van der Waals surface area contributed by atoms with Crippen molar-refractivity contribution in [1.29, 1.82) is 0 Å². The molecule has 1 aromatic carbocycles. The van der Waals surface area contributed by atoms with Gasteiger partial charge in [-0.15, -0.1) is 0 Å². The van der Waals surface area contributed by atoms with Gasteiger partial charge in [-0.3, -0.25) is 19.3 Å². The molecule has 0 radical (unpaired) electrons. The Morgan fingerprint density at radius 1 is 1.17 bits per heavy atom. The Kier molecular flexibility index (Phi) is 7.60. The van der Waals surface area contributed by atoms with E-state index in [0.717, 1.165) is 16.7 Å². The van der Waals surface area contributed by atoms with Gasteiger partial charge in [-0.1, -0.05) is 11.6 Å². The quantitative estimate of drug-likeness (QED) is 0.454. The lowest BCUT2D eigenvalue weighted by atomic mass is 10.1. The first kappa shape index (κ1) is 23.1. The summed E-state index contributed by atoms with van der Waals surface area (Å²) >= 11 is 7.05. The SMILES string of the molecule is CCOc1cc(/C=C2\SC(=O)N(CC(=O)OC(C)(C)C)C2=O)cc(Cl)c1OCC. The largest absolute Gasteiger partial charge is 0.490 e. The molecule has 0 unspecified atom stereocenters. The van der Waals surface area contributed by atoms with Crippen LogP contribution in [0, 0.1) is 0 Å². The average Bonchev–Trinajstić information content (AvgIpc) is 2.84. The fraction of sp³-hybridized carbons (Fsp3) is 0.450. The van der Waals surface area contributed by atoms with Gasteiger partial charge in [-0.25, -0.2) is 0 Å². The van der Waals surface area contributed by atoms with Gasteiger partial charge in [0.15, 0.2) is 11.5 Å². The van der Waals surface area contributed by atoms with E-state index >= 15 is 0 Å². The second kappa shape index (κ2) is 9.54. The predicted octanol–water partition coefficient (Wildman–Crippen LogP) is 4.52. The van der Waals surface area contributed by atoms with Crippen LogP contribution in [0.4, 0.5) is 4.79 Å². The van der Waals surface area contributed by atoms with Gasteiger partial charge in [-0.05, 0) is 70.2 Å². The second-order valence-electron chi connectivity index (χ2n) is 7.05. The van der Waals surface area contributed by atoms with Crippen LogP contribution in [0.3, 0.4) is 0 Å². The zero-order valence-electron chi connectivity index (χ0n) is 17.0. The molecule has 1 aliphatic heterocycles. The molecule has 2 amide bonds. The lowest BCUT2D eigenvalue weighted by molar-refractivity contribution is -0.156. The molecule has 0 spiro atoms. The Bertz CT molecular complexity index is 846. The summed E-state index contributed by atoms with van der Waals surface area (Å²) in [5, 5.41) is -0.203. The third-order valence-electron chi connectivity index (χ3n) is 3.50. The fourth-order valence-corrected chi connectivity index (χ4v) is 3.62. The lowest BCUT2D eigenvalue weighted by Gasteiger charge is -2.21. The van der Waals surface area contributed by atoms with Gasteiger partial charge < -0.3 is 14.2 Å². The molecule has 9 heteroatoms. The number of ether oxygens (including phenoxy) is 3. The molecule has 0 saturated carbocycles. The Balaban J connectivity index is 2.25. The van der Waals surface area contributed by atoms with Gasteiger partial charge >= 0.3 is 5.97 Å². The molecule has 1 saturated heterocycles. The maximum absolute atomic E-state index is 12.6. The summed E-state index contributed by atoms with van der Waals surface area (Å²) in [6.07, 6.45) is 1.53. The van der Waals surface area contributed by atoms with E-state index in [9.17, 15) is 14.4 Å². The molecule has 0 atom stereocenters. The Hall–Kier alpha value is -2.19. The topological polar surface area (TPSA) is 82.1 Å². The standard InChI is InChI=1S/C20H24ClNO6S/c1-6-26-14-9-12(8-13(21)17(14)27-7-2)10-15-18(24)22(19(25)29-15)11-16(23)28-20(3,4)5/h8-10H,6-7,11H2,1-5H3/b15-10-. The van der Waals surface area contributed by atoms with Crippen LogP contribution >= 0.6 is 23.4 Å². The van der Waals surface area contributed by atoms with Crippen LogP contribution in [0.25, 0.3) is 6.08 Å². The van der Waals surface area contributed by atoms with Crippen molar-refractivity contribution in [3.8, 4) is 11.5 Å². The van der Waals surface area contributed by atoms with Crippen molar-refractivity contribution < 1.29 is 28.6 Å². The first-order valence-electron chi connectivity index (χ1n) is 9.12. The van der Waals surface area contributed by atoms with E-state index in [2.05, 4.69) is 0 Å². The number of carbonyl (C=O) groups is 3. The fourth-order valence-electron chi connectivity index (χ4n) is 2.51. The molecule has 1 aromatic rings. The van der Waals surface area contributed by atoms with Crippen LogP contribution in [-0.2, 0) is 14.3 Å². The smallest absolute Gasteiger partial charge is 0.326 e. The highest BCUT2D eigenvalue weighted by Crippen LogP contribution is 2.39. The van der Waals surface area contributed by atoms with Crippen LogP contribution in [-0.4, -0.2) is 47.4 Å². The van der Waals surface area contributed by atoms with E-state index in [1.807, 2.05) is 13.8 Å². The monoisotopic (exact) mass is 441 g/mol. The van der Waals surface area contributed by atoms with Crippen molar-refractivity contribution in [3.05, 3.63) is 27.6 Å². The van der Waals surface area contributed by atoms with Crippen molar-refractivity contribution in [2.75, 3.05) is 19.8 Å². The molecule has 1 heterocycles. The first-order chi connectivity index (χ1) is 13.6. The average molecular weight is 442 g/mol. The molecule has 0 aromatic heterocycles. The Morgan fingerprint density at radius 3 is 2.41 bits per heavy atom. The maximum atomic E-state index is 12.6. The lowest BCUT2D eigenvalue weighted by Crippen LogP contribution is -2.37. The van der Waals surface area contributed by atoms with Crippen LogP contribution in [0.15, 0.2) is 17.0 Å². The molecule has 158 valence electrons. The Morgan fingerprint density at radius 2 is 1.83 bits per heavy atom. The van der Waals surface area contributed by atoms with E-state index < -0.39 is 29.3 Å². The summed E-state index contributed by atoms with van der Waals surface area (Å²) in [6.45, 7) is 9.19. The molecule has 1 fully saturated rings. The molecule has 0 bridgehead atoms. The number of carbonyl (C=O) groups excluding carboxylic acids is 3. The highest BCUT2D eigenvalue weighted by Gasteiger charge is 2.37. The van der Waals surface area contributed by atoms with Gasteiger partial charge in [-0.2, -0.15) is 0 Å². The van der Waals surface area contributed by atoms with Crippen molar-refractivity contribution in [1.82, 2.24) is 4.90 Å². The van der Waals surface area contributed by atoms with E-state index in [1.165, 1.54) is 6.08 Å². The number of amides is 2. The third kappa shape index (κ3) is 6.14. The summed E-state index contributed by atoms with van der Waals surface area (Å²) in [6, 6.07) is 3.30. The van der Waals surface area contributed by atoms with Gasteiger partial charge in [0, 0.05) is 0 Å².